The van der Waals surface area contributed by atoms with Gasteiger partial charge in [0.15, 0.2) is 0 Å². The molecule has 0 saturated carbocycles. The van der Waals surface area contributed by atoms with E-state index in [-0.39, 0.29) is 6.04 Å². The van der Waals surface area contributed by atoms with Crippen LogP contribution in [0.1, 0.15) is 28.4 Å². The van der Waals surface area contributed by atoms with E-state index in [1.807, 2.05) is 24.3 Å². The van der Waals surface area contributed by atoms with Gasteiger partial charge in [-0.25, -0.2) is 0 Å². The predicted octanol–water partition coefficient (Wildman–Crippen LogP) is 2.88. The van der Waals surface area contributed by atoms with E-state index in [2.05, 4.69) is 11.1 Å². The fourth-order valence-electron chi connectivity index (χ4n) is 2.45. The maximum atomic E-state index is 6.30. The normalized spacial score (nSPS) is 18.1. The van der Waals surface area contributed by atoms with Crippen LogP contribution in [0.2, 0.25) is 5.02 Å². The first-order valence-corrected chi connectivity index (χ1v) is 6.11. The Bertz CT molecular complexity index is 566. The van der Waals surface area contributed by atoms with E-state index in [1.165, 1.54) is 11.1 Å². The first kappa shape index (κ1) is 10.8. The Morgan fingerprint density at radius 2 is 2.00 bits per heavy atom. The maximum absolute atomic E-state index is 6.30. The molecule has 1 heterocycles. The molecule has 1 atom stereocenters. The predicted molar refractivity (Wildman–Crippen MR) is 69.1 cm³/mol. The zero-order chi connectivity index (χ0) is 11.8. The van der Waals surface area contributed by atoms with E-state index in [1.54, 1.807) is 6.20 Å². The van der Waals surface area contributed by atoms with Crippen molar-refractivity contribution in [3.63, 3.8) is 0 Å². The number of halogens is 1. The van der Waals surface area contributed by atoms with Crippen LogP contribution < -0.4 is 5.73 Å². The summed E-state index contributed by atoms with van der Waals surface area (Å²) >= 11 is 6.03. The van der Waals surface area contributed by atoms with E-state index in [4.69, 9.17) is 17.3 Å². The molecule has 2 aromatic rings. The molecule has 1 aliphatic carbocycles. The third-order valence-corrected chi connectivity index (χ3v) is 3.56. The lowest BCUT2D eigenvalue weighted by Gasteiger charge is -2.14. The molecule has 1 aromatic carbocycles. The largest absolute Gasteiger partial charge is 0.319 e. The van der Waals surface area contributed by atoms with Gasteiger partial charge in [-0.2, -0.15) is 0 Å². The summed E-state index contributed by atoms with van der Waals surface area (Å²) in [5.74, 6) is 0. The SMILES string of the molecule is NC1c2ccc(Cl)cc2CCc2cccnc21. The van der Waals surface area contributed by atoms with E-state index >= 15 is 0 Å². The number of benzene rings is 1. The van der Waals surface area contributed by atoms with Crippen LogP contribution in [0.15, 0.2) is 36.5 Å². The first-order chi connectivity index (χ1) is 8.25. The molecule has 1 aromatic heterocycles. The highest BCUT2D eigenvalue weighted by Crippen LogP contribution is 2.30. The molecule has 0 fully saturated rings. The molecular formula is C14H13ClN2. The third kappa shape index (κ3) is 1.84. The number of aromatic nitrogens is 1. The summed E-state index contributed by atoms with van der Waals surface area (Å²) in [6, 6.07) is 9.87. The molecule has 2 nitrogen and oxygen atoms in total. The van der Waals surface area contributed by atoms with Crippen LogP contribution in [-0.2, 0) is 12.8 Å². The third-order valence-electron chi connectivity index (χ3n) is 3.32. The lowest BCUT2D eigenvalue weighted by molar-refractivity contribution is 0.820. The molecule has 17 heavy (non-hydrogen) atoms. The number of nitrogens with zero attached hydrogens (tertiary/aromatic N) is 1. The molecule has 86 valence electrons. The molecule has 0 aliphatic heterocycles. The Morgan fingerprint density at radius 3 is 2.88 bits per heavy atom. The summed E-state index contributed by atoms with van der Waals surface area (Å²) in [6.07, 6.45) is 3.76. The van der Waals surface area contributed by atoms with Crippen molar-refractivity contribution < 1.29 is 0 Å². The van der Waals surface area contributed by atoms with Crippen molar-refractivity contribution in [2.24, 2.45) is 5.73 Å². The molecule has 0 bridgehead atoms. The number of hydrogen-bond donors (Lipinski definition) is 1. The summed E-state index contributed by atoms with van der Waals surface area (Å²) < 4.78 is 0. The number of nitrogens with two attached hydrogens (primary N) is 1. The summed E-state index contributed by atoms with van der Waals surface area (Å²) in [5.41, 5.74) is 10.9. The highest BCUT2D eigenvalue weighted by molar-refractivity contribution is 6.30. The number of pyridine rings is 1. The van der Waals surface area contributed by atoms with Gasteiger partial charge in [-0.1, -0.05) is 23.7 Å². The van der Waals surface area contributed by atoms with Crippen molar-refractivity contribution >= 4 is 11.6 Å². The number of aryl methyl sites for hydroxylation is 2. The van der Waals surface area contributed by atoms with Crippen LogP contribution in [0.5, 0.6) is 0 Å². The van der Waals surface area contributed by atoms with Gasteiger partial charge in [0.1, 0.15) is 0 Å². The topological polar surface area (TPSA) is 38.9 Å². The number of rotatable bonds is 0. The van der Waals surface area contributed by atoms with Crippen LogP contribution in [0.3, 0.4) is 0 Å². The van der Waals surface area contributed by atoms with Crippen LogP contribution in [-0.4, -0.2) is 4.98 Å². The molecule has 2 N–H and O–H groups in total. The second kappa shape index (κ2) is 4.13. The second-order valence-corrected chi connectivity index (χ2v) is 4.81. The molecule has 0 amide bonds. The van der Waals surface area contributed by atoms with E-state index in [0.29, 0.717) is 0 Å². The lowest BCUT2D eigenvalue weighted by Crippen LogP contribution is -2.15. The van der Waals surface area contributed by atoms with Gasteiger partial charge in [-0.3, -0.25) is 4.98 Å². The highest BCUT2D eigenvalue weighted by Gasteiger charge is 2.21. The van der Waals surface area contributed by atoms with Gasteiger partial charge in [0.25, 0.3) is 0 Å². The Kier molecular flexibility index (Phi) is 2.61. The minimum absolute atomic E-state index is 0.138. The second-order valence-electron chi connectivity index (χ2n) is 4.37. The van der Waals surface area contributed by atoms with E-state index < -0.39 is 0 Å². The molecule has 0 spiro atoms. The number of hydrogen-bond acceptors (Lipinski definition) is 2. The van der Waals surface area contributed by atoms with Gasteiger partial charge < -0.3 is 5.73 Å². The summed E-state index contributed by atoms with van der Waals surface area (Å²) in [7, 11) is 0. The Labute approximate surface area is 105 Å². The van der Waals surface area contributed by atoms with Crippen molar-refractivity contribution in [1.82, 2.24) is 4.98 Å². The first-order valence-electron chi connectivity index (χ1n) is 5.73. The van der Waals surface area contributed by atoms with Crippen molar-refractivity contribution in [1.29, 1.82) is 0 Å². The minimum atomic E-state index is -0.138. The molecule has 3 heteroatoms. The van der Waals surface area contributed by atoms with Gasteiger partial charge in [0.05, 0.1) is 11.7 Å². The monoisotopic (exact) mass is 244 g/mol. The standard InChI is InChI=1S/C14H13ClN2/c15-11-5-6-12-10(8-11)4-3-9-2-1-7-17-14(9)13(12)16/h1-2,5-8,13H,3-4,16H2. The highest BCUT2D eigenvalue weighted by atomic mass is 35.5. The van der Waals surface area contributed by atoms with Gasteiger partial charge in [0.2, 0.25) is 0 Å². The summed E-state index contributed by atoms with van der Waals surface area (Å²) in [4.78, 5) is 4.42. The Morgan fingerprint density at radius 1 is 1.18 bits per heavy atom. The average Bonchev–Trinajstić information content (AvgIpc) is 2.48. The fraction of sp³-hybridized carbons (Fsp3) is 0.214. The molecule has 1 unspecified atom stereocenters. The molecule has 3 rings (SSSR count). The molecular weight excluding hydrogens is 232 g/mol. The van der Waals surface area contributed by atoms with Crippen LogP contribution >= 0.6 is 11.6 Å². The molecule has 1 aliphatic rings. The van der Waals surface area contributed by atoms with Gasteiger partial charge in [-0.05, 0) is 47.7 Å². The quantitative estimate of drug-likeness (QED) is 0.774. The van der Waals surface area contributed by atoms with Crippen molar-refractivity contribution in [3.05, 3.63) is 63.9 Å². The summed E-state index contributed by atoms with van der Waals surface area (Å²) in [6.45, 7) is 0. The minimum Gasteiger partial charge on any atom is -0.319 e. The van der Waals surface area contributed by atoms with E-state index in [0.717, 1.165) is 29.1 Å². The van der Waals surface area contributed by atoms with Crippen molar-refractivity contribution in [2.75, 3.05) is 0 Å². The Balaban J connectivity index is 2.16. The molecule has 0 saturated heterocycles. The van der Waals surface area contributed by atoms with Crippen molar-refractivity contribution in [2.45, 2.75) is 18.9 Å². The van der Waals surface area contributed by atoms with Crippen molar-refractivity contribution in [3.8, 4) is 0 Å². The average molecular weight is 245 g/mol. The maximum Gasteiger partial charge on any atom is 0.0731 e. The zero-order valence-corrected chi connectivity index (χ0v) is 10.1. The summed E-state index contributed by atoms with van der Waals surface area (Å²) in [5, 5.41) is 0.773. The Hall–Kier alpha value is -1.38. The fourth-order valence-corrected chi connectivity index (χ4v) is 2.65. The zero-order valence-electron chi connectivity index (χ0n) is 9.36. The van der Waals surface area contributed by atoms with Crippen LogP contribution in [0, 0.1) is 0 Å². The smallest absolute Gasteiger partial charge is 0.0731 e. The van der Waals surface area contributed by atoms with Crippen LogP contribution in [0.4, 0.5) is 0 Å². The number of fused-ring (bicyclic) bond motifs is 2. The van der Waals surface area contributed by atoms with E-state index in [9.17, 15) is 0 Å². The van der Waals surface area contributed by atoms with Crippen LogP contribution in [0.25, 0.3) is 0 Å². The van der Waals surface area contributed by atoms with Gasteiger partial charge in [-0.15, -0.1) is 0 Å². The molecule has 0 radical (unpaired) electrons. The van der Waals surface area contributed by atoms with Gasteiger partial charge in [0, 0.05) is 11.2 Å². The lowest BCUT2D eigenvalue weighted by atomic mass is 9.99. The van der Waals surface area contributed by atoms with Gasteiger partial charge >= 0.3 is 0 Å².